The average molecular weight is 170 g/mol. The molecule has 0 amide bonds. The van der Waals surface area contributed by atoms with Crippen molar-refractivity contribution in [3.8, 4) is 0 Å². The van der Waals surface area contributed by atoms with Crippen LogP contribution in [0.4, 0.5) is 0 Å². The highest BCUT2D eigenvalue weighted by molar-refractivity contribution is 4.73. The van der Waals surface area contributed by atoms with Crippen molar-refractivity contribution >= 4 is 0 Å². The van der Waals surface area contributed by atoms with Crippen molar-refractivity contribution in [1.82, 2.24) is 5.32 Å². The van der Waals surface area contributed by atoms with E-state index in [1.165, 1.54) is 19.3 Å². The number of hydrogen-bond acceptors (Lipinski definition) is 2. The standard InChI is InChI=1S/C10H20NO/c1-9(11-2)7-10-5-3-4-6-12-8-10/h9-11H,1,3-8H2,2H3/t9-,10-/m1/s1. The molecule has 1 fully saturated rings. The molecule has 71 valence electrons. The Bertz CT molecular complexity index is 108. The van der Waals surface area contributed by atoms with Crippen LogP contribution in [0.25, 0.3) is 0 Å². The summed E-state index contributed by atoms with van der Waals surface area (Å²) >= 11 is 0. The fourth-order valence-electron chi connectivity index (χ4n) is 1.68. The first-order valence-electron chi connectivity index (χ1n) is 4.91. The highest BCUT2D eigenvalue weighted by Crippen LogP contribution is 2.18. The molecule has 12 heavy (non-hydrogen) atoms. The van der Waals surface area contributed by atoms with E-state index in [9.17, 15) is 0 Å². The van der Waals surface area contributed by atoms with E-state index in [0.717, 1.165) is 25.6 Å². The van der Waals surface area contributed by atoms with Gasteiger partial charge in [0.15, 0.2) is 0 Å². The Morgan fingerprint density at radius 3 is 3.17 bits per heavy atom. The molecule has 0 aromatic carbocycles. The van der Waals surface area contributed by atoms with Crippen LogP contribution in [0.1, 0.15) is 25.7 Å². The predicted octanol–water partition coefficient (Wildman–Crippen LogP) is 1.62. The van der Waals surface area contributed by atoms with E-state index < -0.39 is 0 Å². The van der Waals surface area contributed by atoms with E-state index in [0.29, 0.717) is 6.04 Å². The molecule has 1 radical (unpaired) electrons. The summed E-state index contributed by atoms with van der Waals surface area (Å²) in [7, 11) is 1.97. The van der Waals surface area contributed by atoms with E-state index in [-0.39, 0.29) is 0 Å². The lowest BCUT2D eigenvalue weighted by Gasteiger charge is -2.17. The van der Waals surface area contributed by atoms with Gasteiger partial charge in [-0.15, -0.1) is 0 Å². The van der Waals surface area contributed by atoms with Crippen LogP contribution >= 0.6 is 0 Å². The minimum atomic E-state index is 0.386. The van der Waals surface area contributed by atoms with Gasteiger partial charge >= 0.3 is 0 Å². The fourth-order valence-corrected chi connectivity index (χ4v) is 1.68. The summed E-state index contributed by atoms with van der Waals surface area (Å²) in [4.78, 5) is 0. The molecular weight excluding hydrogens is 150 g/mol. The van der Waals surface area contributed by atoms with Crippen LogP contribution in [-0.4, -0.2) is 26.3 Å². The van der Waals surface area contributed by atoms with Gasteiger partial charge in [-0.05, 0) is 39.2 Å². The maximum atomic E-state index is 5.50. The smallest absolute Gasteiger partial charge is 0.0494 e. The normalized spacial score (nSPS) is 28.0. The van der Waals surface area contributed by atoms with Crippen LogP contribution in [0.2, 0.25) is 0 Å². The van der Waals surface area contributed by atoms with Crippen molar-refractivity contribution in [2.45, 2.75) is 31.7 Å². The molecule has 0 spiro atoms. The van der Waals surface area contributed by atoms with E-state index in [2.05, 4.69) is 12.2 Å². The summed E-state index contributed by atoms with van der Waals surface area (Å²) in [5, 5.41) is 3.17. The summed E-state index contributed by atoms with van der Waals surface area (Å²) in [6, 6.07) is 0.386. The summed E-state index contributed by atoms with van der Waals surface area (Å²) in [6.45, 7) is 5.91. The van der Waals surface area contributed by atoms with Crippen LogP contribution in [0, 0.1) is 12.8 Å². The van der Waals surface area contributed by atoms with Gasteiger partial charge in [-0.25, -0.2) is 0 Å². The Morgan fingerprint density at radius 1 is 1.58 bits per heavy atom. The molecular formula is C10H20NO. The first-order valence-corrected chi connectivity index (χ1v) is 4.91. The Hall–Kier alpha value is -0.0800. The molecule has 0 unspecified atom stereocenters. The van der Waals surface area contributed by atoms with Gasteiger partial charge in [0.1, 0.15) is 0 Å². The Labute approximate surface area is 75.7 Å². The summed E-state index contributed by atoms with van der Waals surface area (Å²) < 4.78 is 5.50. The molecule has 1 saturated heterocycles. The van der Waals surface area contributed by atoms with E-state index >= 15 is 0 Å². The third kappa shape index (κ3) is 3.55. The molecule has 2 nitrogen and oxygen atoms in total. The second-order valence-electron chi connectivity index (χ2n) is 3.66. The van der Waals surface area contributed by atoms with Crippen molar-refractivity contribution < 1.29 is 4.74 Å². The SMILES string of the molecule is [CH2][C@H](C[C@H]1CCCCOC1)NC. The first kappa shape index (κ1) is 10.0. The van der Waals surface area contributed by atoms with Gasteiger partial charge < -0.3 is 10.1 Å². The molecule has 2 heteroatoms. The van der Waals surface area contributed by atoms with Crippen LogP contribution in [0.3, 0.4) is 0 Å². The minimum Gasteiger partial charge on any atom is -0.381 e. The van der Waals surface area contributed by atoms with E-state index in [4.69, 9.17) is 4.74 Å². The highest BCUT2D eigenvalue weighted by atomic mass is 16.5. The molecule has 0 bridgehead atoms. The topological polar surface area (TPSA) is 21.3 Å². The average Bonchev–Trinajstić information content (AvgIpc) is 2.33. The Kier molecular flexibility index (Phi) is 4.62. The van der Waals surface area contributed by atoms with Gasteiger partial charge in [0, 0.05) is 19.3 Å². The monoisotopic (exact) mass is 170 g/mol. The first-order chi connectivity index (χ1) is 5.83. The van der Waals surface area contributed by atoms with Crippen molar-refractivity contribution in [3.63, 3.8) is 0 Å². The molecule has 2 atom stereocenters. The molecule has 0 saturated carbocycles. The van der Waals surface area contributed by atoms with Crippen LogP contribution < -0.4 is 5.32 Å². The molecule has 0 aliphatic carbocycles. The quantitative estimate of drug-likeness (QED) is 0.695. The lowest BCUT2D eigenvalue weighted by Crippen LogP contribution is -2.26. The lowest BCUT2D eigenvalue weighted by atomic mass is 9.96. The number of hydrogen-bond donors (Lipinski definition) is 1. The molecule has 0 aromatic rings. The summed E-state index contributed by atoms with van der Waals surface area (Å²) in [6.07, 6.45) is 5.02. The van der Waals surface area contributed by atoms with Crippen LogP contribution in [-0.2, 0) is 4.74 Å². The third-order valence-electron chi connectivity index (χ3n) is 2.53. The maximum absolute atomic E-state index is 5.50. The van der Waals surface area contributed by atoms with Crippen LogP contribution in [0.15, 0.2) is 0 Å². The summed E-state index contributed by atoms with van der Waals surface area (Å²) in [5.41, 5.74) is 0. The van der Waals surface area contributed by atoms with Gasteiger partial charge in [-0.3, -0.25) is 0 Å². The molecule has 1 aliphatic heterocycles. The second kappa shape index (κ2) is 5.55. The number of nitrogens with one attached hydrogen (secondary N) is 1. The predicted molar refractivity (Wildman–Crippen MR) is 51.0 cm³/mol. The zero-order chi connectivity index (χ0) is 8.81. The van der Waals surface area contributed by atoms with Crippen molar-refractivity contribution in [2.24, 2.45) is 5.92 Å². The van der Waals surface area contributed by atoms with Gasteiger partial charge in [0.05, 0.1) is 0 Å². The molecule has 1 N–H and O–H groups in total. The van der Waals surface area contributed by atoms with Crippen molar-refractivity contribution in [2.75, 3.05) is 20.3 Å². The highest BCUT2D eigenvalue weighted by Gasteiger charge is 2.14. The zero-order valence-electron chi connectivity index (χ0n) is 8.01. The van der Waals surface area contributed by atoms with Gasteiger partial charge in [-0.2, -0.15) is 0 Å². The molecule has 1 rings (SSSR count). The zero-order valence-corrected chi connectivity index (χ0v) is 8.01. The Morgan fingerprint density at radius 2 is 2.42 bits per heavy atom. The minimum absolute atomic E-state index is 0.386. The molecule has 1 heterocycles. The third-order valence-corrected chi connectivity index (χ3v) is 2.53. The fraction of sp³-hybridized carbons (Fsp3) is 0.900. The molecule has 1 aliphatic rings. The van der Waals surface area contributed by atoms with Crippen LogP contribution in [0.5, 0.6) is 0 Å². The van der Waals surface area contributed by atoms with Crippen molar-refractivity contribution in [1.29, 1.82) is 0 Å². The van der Waals surface area contributed by atoms with E-state index in [1.54, 1.807) is 0 Å². The van der Waals surface area contributed by atoms with Crippen molar-refractivity contribution in [3.05, 3.63) is 6.92 Å². The van der Waals surface area contributed by atoms with Gasteiger partial charge in [0.25, 0.3) is 0 Å². The number of rotatable bonds is 3. The second-order valence-corrected chi connectivity index (χ2v) is 3.66. The maximum Gasteiger partial charge on any atom is 0.0494 e. The summed E-state index contributed by atoms with van der Waals surface area (Å²) in [5.74, 6) is 0.724. The molecule has 0 aromatic heterocycles. The lowest BCUT2D eigenvalue weighted by molar-refractivity contribution is 0.111. The van der Waals surface area contributed by atoms with E-state index in [1.807, 2.05) is 7.05 Å². The Balaban J connectivity index is 2.20. The number of ether oxygens (including phenoxy) is 1. The van der Waals surface area contributed by atoms with Gasteiger partial charge in [-0.1, -0.05) is 6.42 Å². The van der Waals surface area contributed by atoms with Gasteiger partial charge in [0.2, 0.25) is 0 Å². The largest absolute Gasteiger partial charge is 0.381 e.